The molecule has 1 aromatic rings. The molecule has 0 bridgehead atoms. The van der Waals surface area contributed by atoms with Crippen molar-refractivity contribution in [3.8, 4) is 0 Å². The minimum atomic E-state index is 0.821. The quantitative estimate of drug-likeness (QED) is 0.756. The van der Waals surface area contributed by atoms with Gasteiger partial charge in [0.1, 0.15) is 0 Å². The van der Waals surface area contributed by atoms with E-state index in [-0.39, 0.29) is 0 Å². The van der Waals surface area contributed by atoms with E-state index >= 15 is 0 Å². The van der Waals surface area contributed by atoms with E-state index in [4.69, 9.17) is 4.74 Å². The Morgan fingerprint density at radius 2 is 1.84 bits per heavy atom. The predicted octanol–water partition coefficient (Wildman–Crippen LogP) is 4.49. The summed E-state index contributed by atoms with van der Waals surface area (Å²) in [4.78, 5) is 2.84. The van der Waals surface area contributed by atoms with Gasteiger partial charge in [-0.3, -0.25) is 4.90 Å². The van der Waals surface area contributed by atoms with Gasteiger partial charge in [-0.1, -0.05) is 44.9 Å². The number of hydrogen-bond acceptors (Lipinski definition) is 2. The van der Waals surface area contributed by atoms with Crippen molar-refractivity contribution < 1.29 is 4.74 Å². The van der Waals surface area contributed by atoms with Crippen LogP contribution in [0.3, 0.4) is 0 Å². The molecule has 1 aliphatic carbocycles. The normalized spacial score (nSPS) is 32.4. The number of aryl methyl sites for hydroxylation is 2. The molecule has 2 aliphatic heterocycles. The van der Waals surface area contributed by atoms with Crippen molar-refractivity contribution in [1.29, 1.82) is 0 Å². The molecule has 4 unspecified atom stereocenters. The average Bonchev–Trinajstić information content (AvgIpc) is 3.31. The van der Waals surface area contributed by atoms with Gasteiger partial charge >= 0.3 is 0 Å². The second-order valence-electron chi connectivity index (χ2n) is 8.68. The summed E-state index contributed by atoms with van der Waals surface area (Å²) in [7, 11) is 0. The van der Waals surface area contributed by atoms with Gasteiger partial charge in [0.2, 0.25) is 0 Å². The Kier molecular flexibility index (Phi) is 5.47. The average molecular weight is 342 g/mol. The molecular formula is C23H35NO. The molecule has 4 atom stereocenters. The maximum absolute atomic E-state index is 5.67. The lowest BCUT2D eigenvalue weighted by molar-refractivity contribution is 0.126. The van der Waals surface area contributed by atoms with E-state index in [0.29, 0.717) is 0 Å². The van der Waals surface area contributed by atoms with Crippen LogP contribution in [0.5, 0.6) is 0 Å². The third-order valence-electron chi connectivity index (χ3n) is 7.03. The number of nitrogens with zero attached hydrogens (tertiary/aromatic N) is 1. The number of benzene rings is 1. The molecule has 0 aromatic heterocycles. The van der Waals surface area contributed by atoms with Gasteiger partial charge in [0.05, 0.1) is 13.2 Å². The molecule has 4 rings (SSSR count). The van der Waals surface area contributed by atoms with Gasteiger partial charge in [0, 0.05) is 31.0 Å². The summed E-state index contributed by atoms with van der Waals surface area (Å²) in [6.45, 7) is 9.20. The highest BCUT2D eigenvalue weighted by Crippen LogP contribution is 2.38. The lowest BCUT2D eigenvalue weighted by Gasteiger charge is -2.30. The SMILES string of the molecule is CCCc1ccc(CC2CCCC2N2CC3COCC3C2)cc1CC. The van der Waals surface area contributed by atoms with Crippen molar-refractivity contribution >= 4 is 0 Å². The Morgan fingerprint density at radius 3 is 2.56 bits per heavy atom. The molecule has 1 aromatic carbocycles. The molecule has 3 aliphatic rings. The van der Waals surface area contributed by atoms with Crippen molar-refractivity contribution in [3.05, 3.63) is 34.9 Å². The molecule has 0 radical (unpaired) electrons. The zero-order valence-corrected chi connectivity index (χ0v) is 16.2. The van der Waals surface area contributed by atoms with Crippen molar-refractivity contribution in [3.63, 3.8) is 0 Å². The second kappa shape index (κ2) is 7.80. The third kappa shape index (κ3) is 3.66. The fraction of sp³-hybridized carbons (Fsp3) is 0.739. The first kappa shape index (κ1) is 17.5. The standard InChI is InChI=1S/C23H35NO/c1-3-6-19-10-9-17(11-18(19)4-2)12-20-7-5-8-23(20)24-13-21-15-25-16-22(21)14-24/h9-11,20-23H,3-8,12-16H2,1-2H3. The predicted molar refractivity (Wildman–Crippen MR) is 104 cm³/mol. The van der Waals surface area contributed by atoms with Crippen LogP contribution >= 0.6 is 0 Å². The Morgan fingerprint density at radius 1 is 1.04 bits per heavy atom. The summed E-state index contributed by atoms with van der Waals surface area (Å²) in [5, 5.41) is 0. The minimum Gasteiger partial charge on any atom is -0.381 e. The molecule has 2 heteroatoms. The highest BCUT2D eigenvalue weighted by Gasteiger charge is 2.42. The summed E-state index contributed by atoms with van der Waals surface area (Å²) in [5.41, 5.74) is 4.74. The summed E-state index contributed by atoms with van der Waals surface area (Å²) >= 11 is 0. The maximum Gasteiger partial charge on any atom is 0.0510 e. The Bertz CT molecular complexity index is 571. The Hall–Kier alpha value is -0.860. The maximum atomic E-state index is 5.67. The summed E-state index contributed by atoms with van der Waals surface area (Å²) in [6.07, 6.45) is 9.20. The van der Waals surface area contributed by atoms with Gasteiger partial charge in [-0.05, 0) is 54.7 Å². The third-order valence-corrected chi connectivity index (χ3v) is 7.03. The monoisotopic (exact) mass is 341 g/mol. The van der Waals surface area contributed by atoms with Gasteiger partial charge < -0.3 is 4.74 Å². The number of fused-ring (bicyclic) bond motifs is 1. The molecule has 2 nitrogen and oxygen atoms in total. The van der Waals surface area contributed by atoms with Gasteiger partial charge in [0.25, 0.3) is 0 Å². The van der Waals surface area contributed by atoms with Crippen molar-refractivity contribution in [2.75, 3.05) is 26.3 Å². The van der Waals surface area contributed by atoms with E-state index in [1.54, 1.807) is 16.7 Å². The van der Waals surface area contributed by atoms with Gasteiger partial charge in [-0.25, -0.2) is 0 Å². The summed E-state index contributed by atoms with van der Waals surface area (Å²) < 4.78 is 5.67. The molecule has 25 heavy (non-hydrogen) atoms. The molecule has 2 saturated heterocycles. The number of rotatable bonds is 6. The highest BCUT2D eigenvalue weighted by atomic mass is 16.5. The van der Waals surface area contributed by atoms with Crippen LogP contribution in [0.4, 0.5) is 0 Å². The van der Waals surface area contributed by atoms with Crippen LogP contribution in [-0.2, 0) is 24.0 Å². The Balaban J connectivity index is 1.43. The molecule has 0 spiro atoms. The molecular weight excluding hydrogens is 306 g/mol. The van der Waals surface area contributed by atoms with E-state index in [1.807, 2.05) is 0 Å². The van der Waals surface area contributed by atoms with Gasteiger partial charge in [0.15, 0.2) is 0 Å². The van der Waals surface area contributed by atoms with Crippen molar-refractivity contribution in [1.82, 2.24) is 4.90 Å². The lowest BCUT2D eigenvalue weighted by Crippen LogP contribution is -2.38. The molecule has 0 amide bonds. The van der Waals surface area contributed by atoms with E-state index < -0.39 is 0 Å². The largest absolute Gasteiger partial charge is 0.381 e. The first-order valence-corrected chi connectivity index (χ1v) is 10.7. The van der Waals surface area contributed by atoms with Gasteiger partial charge in [-0.15, -0.1) is 0 Å². The molecule has 0 N–H and O–H groups in total. The number of ether oxygens (including phenoxy) is 1. The first-order valence-electron chi connectivity index (χ1n) is 10.7. The van der Waals surface area contributed by atoms with Crippen LogP contribution in [0, 0.1) is 17.8 Å². The van der Waals surface area contributed by atoms with E-state index in [2.05, 4.69) is 36.9 Å². The van der Waals surface area contributed by atoms with Crippen LogP contribution in [0.15, 0.2) is 18.2 Å². The van der Waals surface area contributed by atoms with Gasteiger partial charge in [-0.2, -0.15) is 0 Å². The zero-order chi connectivity index (χ0) is 17.2. The highest BCUT2D eigenvalue weighted by molar-refractivity contribution is 5.32. The van der Waals surface area contributed by atoms with E-state index in [9.17, 15) is 0 Å². The van der Waals surface area contributed by atoms with Crippen molar-refractivity contribution in [2.45, 2.75) is 64.8 Å². The minimum absolute atomic E-state index is 0.821. The number of likely N-dealkylation sites (tertiary alicyclic amines) is 1. The number of hydrogen-bond donors (Lipinski definition) is 0. The molecule has 1 saturated carbocycles. The van der Waals surface area contributed by atoms with Crippen molar-refractivity contribution in [2.24, 2.45) is 17.8 Å². The van der Waals surface area contributed by atoms with Crippen LogP contribution in [0.25, 0.3) is 0 Å². The van der Waals surface area contributed by atoms with Crippen LogP contribution in [-0.4, -0.2) is 37.2 Å². The molecule has 2 heterocycles. The van der Waals surface area contributed by atoms with E-state index in [0.717, 1.165) is 37.0 Å². The Labute approximate surface area is 153 Å². The summed E-state index contributed by atoms with van der Waals surface area (Å²) in [5.74, 6) is 2.50. The lowest BCUT2D eigenvalue weighted by atomic mass is 9.90. The topological polar surface area (TPSA) is 12.5 Å². The summed E-state index contributed by atoms with van der Waals surface area (Å²) in [6, 6.07) is 8.18. The van der Waals surface area contributed by atoms with Crippen LogP contribution in [0.1, 0.15) is 56.2 Å². The smallest absolute Gasteiger partial charge is 0.0510 e. The first-order chi connectivity index (χ1) is 12.3. The molecule has 3 fully saturated rings. The fourth-order valence-corrected chi connectivity index (χ4v) is 5.68. The van der Waals surface area contributed by atoms with E-state index in [1.165, 1.54) is 58.0 Å². The fourth-order valence-electron chi connectivity index (χ4n) is 5.68. The zero-order valence-electron chi connectivity index (χ0n) is 16.2. The second-order valence-corrected chi connectivity index (χ2v) is 8.68. The van der Waals surface area contributed by atoms with Crippen LogP contribution in [0.2, 0.25) is 0 Å². The van der Waals surface area contributed by atoms with Crippen LogP contribution < -0.4 is 0 Å². The molecule has 138 valence electrons.